The number of likely N-dealkylation sites (N-methyl/N-ethyl adjacent to an activating group) is 1. The Morgan fingerprint density at radius 2 is 1.75 bits per heavy atom. The van der Waals surface area contributed by atoms with Crippen molar-refractivity contribution in [2.24, 2.45) is 0 Å². The Hall–Kier alpha value is -1.31. The summed E-state index contributed by atoms with van der Waals surface area (Å²) in [5.41, 5.74) is 3.93. The van der Waals surface area contributed by atoms with E-state index in [1.165, 1.54) is 16.7 Å². The van der Waals surface area contributed by atoms with Crippen molar-refractivity contribution in [1.82, 2.24) is 5.32 Å². The minimum Gasteiger partial charge on any atom is -0.317 e. The smallest absolute Gasteiger partial charge is 0.0438 e. The van der Waals surface area contributed by atoms with E-state index in [0.29, 0.717) is 6.04 Å². The number of rotatable bonds is 6. The molecule has 2 aromatic rings. The van der Waals surface area contributed by atoms with Crippen LogP contribution in [0.15, 0.2) is 48.5 Å². The van der Waals surface area contributed by atoms with Crippen molar-refractivity contribution in [3.63, 3.8) is 0 Å². The average molecular weight is 288 g/mol. The summed E-state index contributed by atoms with van der Waals surface area (Å²) in [5.74, 6) is 0. The third kappa shape index (κ3) is 4.36. The second-order valence-corrected chi connectivity index (χ2v) is 5.71. The van der Waals surface area contributed by atoms with Gasteiger partial charge >= 0.3 is 0 Å². The van der Waals surface area contributed by atoms with E-state index in [1.807, 2.05) is 25.2 Å². The van der Waals surface area contributed by atoms with Crippen LogP contribution in [0.4, 0.5) is 0 Å². The zero-order valence-electron chi connectivity index (χ0n) is 12.2. The Morgan fingerprint density at radius 1 is 1.05 bits per heavy atom. The third-order valence-electron chi connectivity index (χ3n) is 3.73. The monoisotopic (exact) mass is 287 g/mol. The summed E-state index contributed by atoms with van der Waals surface area (Å²) < 4.78 is 0. The van der Waals surface area contributed by atoms with E-state index in [4.69, 9.17) is 11.6 Å². The van der Waals surface area contributed by atoms with E-state index in [2.05, 4.69) is 42.6 Å². The number of benzene rings is 2. The summed E-state index contributed by atoms with van der Waals surface area (Å²) >= 11 is 6.23. The van der Waals surface area contributed by atoms with Gasteiger partial charge in [0.15, 0.2) is 0 Å². The first-order valence-corrected chi connectivity index (χ1v) is 7.53. The number of hydrogen-bond acceptors (Lipinski definition) is 1. The number of aryl methyl sites for hydroxylation is 2. The van der Waals surface area contributed by atoms with Gasteiger partial charge in [-0.05, 0) is 50.4 Å². The third-order valence-corrected chi connectivity index (χ3v) is 4.10. The van der Waals surface area contributed by atoms with Gasteiger partial charge in [-0.3, -0.25) is 0 Å². The summed E-state index contributed by atoms with van der Waals surface area (Å²) in [6.45, 7) is 2.12. The first-order chi connectivity index (χ1) is 9.69. The van der Waals surface area contributed by atoms with Gasteiger partial charge in [-0.15, -0.1) is 0 Å². The van der Waals surface area contributed by atoms with Gasteiger partial charge in [-0.2, -0.15) is 0 Å². The highest BCUT2D eigenvalue weighted by atomic mass is 35.5. The van der Waals surface area contributed by atoms with Crippen LogP contribution >= 0.6 is 11.6 Å². The first kappa shape index (κ1) is 15.1. The van der Waals surface area contributed by atoms with E-state index >= 15 is 0 Å². The maximum Gasteiger partial charge on any atom is 0.0438 e. The van der Waals surface area contributed by atoms with Crippen molar-refractivity contribution in [2.75, 3.05) is 7.05 Å². The quantitative estimate of drug-likeness (QED) is 0.830. The SMILES string of the molecule is CNC(CCc1ccc(C)cc1)Cc1ccccc1Cl. The molecule has 0 saturated carbocycles. The molecule has 0 bridgehead atoms. The molecular weight excluding hydrogens is 266 g/mol. The van der Waals surface area contributed by atoms with Crippen LogP contribution in [-0.2, 0) is 12.8 Å². The molecule has 2 aromatic carbocycles. The van der Waals surface area contributed by atoms with Crippen LogP contribution in [0.1, 0.15) is 23.1 Å². The lowest BCUT2D eigenvalue weighted by atomic mass is 9.99. The average Bonchev–Trinajstić information content (AvgIpc) is 2.47. The molecule has 1 atom stereocenters. The fourth-order valence-corrected chi connectivity index (χ4v) is 2.59. The lowest BCUT2D eigenvalue weighted by molar-refractivity contribution is 0.520. The largest absolute Gasteiger partial charge is 0.317 e. The van der Waals surface area contributed by atoms with Crippen molar-refractivity contribution in [3.8, 4) is 0 Å². The summed E-state index contributed by atoms with van der Waals surface area (Å²) in [6.07, 6.45) is 3.18. The van der Waals surface area contributed by atoms with Crippen LogP contribution in [0.3, 0.4) is 0 Å². The van der Waals surface area contributed by atoms with Crippen molar-refractivity contribution in [3.05, 3.63) is 70.2 Å². The predicted molar refractivity (Wildman–Crippen MR) is 87.5 cm³/mol. The summed E-state index contributed by atoms with van der Waals surface area (Å²) in [6, 6.07) is 17.4. The lowest BCUT2D eigenvalue weighted by Crippen LogP contribution is -2.28. The molecule has 20 heavy (non-hydrogen) atoms. The zero-order valence-corrected chi connectivity index (χ0v) is 13.0. The Bertz CT molecular complexity index is 533. The fraction of sp³-hybridized carbons (Fsp3) is 0.333. The molecule has 0 aliphatic heterocycles. The van der Waals surface area contributed by atoms with Gasteiger partial charge in [-0.25, -0.2) is 0 Å². The molecule has 0 spiro atoms. The highest BCUT2D eigenvalue weighted by Gasteiger charge is 2.09. The standard InChI is InChI=1S/C18H22ClN/c1-14-7-9-15(10-8-14)11-12-17(20-2)13-16-5-3-4-6-18(16)19/h3-10,17,20H,11-13H2,1-2H3. The molecular formula is C18H22ClN. The second-order valence-electron chi connectivity index (χ2n) is 5.31. The first-order valence-electron chi connectivity index (χ1n) is 7.15. The minimum atomic E-state index is 0.455. The van der Waals surface area contributed by atoms with Crippen LogP contribution in [-0.4, -0.2) is 13.1 Å². The number of nitrogens with one attached hydrogen (secondary N) is 1. The Labute approximate surface area is 127 Å². The molecule has 0 saturated heterocycles. The molecule has 0 aliphatic carbocycles. The van der Waals surface area contributed by atoms with E-state index in [1.54, 1.807) is 0 Å². The number of hydrogen-bond donors (Lipinski definition) is 1. The molecule has 1 N–H and O–H groups in total. The van der Waals surface area contributed by atoms with Gasteiger partial charge < -0.3 is 5.32 Å². The van der Waals surface area contributed by atoms with Crippen LogP contribution in [0, 0.1) is 6.92 Å². The maximum atomic E-state index is 6.23. The van der Waals surface area contributed by atoms with Crippen molar-refractivity contribution in [2.45, 2.75) is 32.2 Å². The molecule has 106 valence electrons. The molecule has 0 aliphatic rings. The van der Waals surface area contributed by atoms with Crippen LogP contribution < -0.4 is 5.32 Å². The van der Waals surface area contributed by atoms with Crippen LogP contribution in [0.5, 0.6) is 0 Å². The maximum absolute atomic E-state index is 6.23. The van der Waals surface area contributed by atoms with Crippen LogP contribution in [0.25, 0.3) is 0 Å². The van der Waals surface area contributed by atoms with Gasteiger partial charge in [0.1, 0.15) is 0 Å². The van der Waals surface area contributed by atoms with Gasteiger partial charge in [0.05, 0.1) is 0 Å². The highest BCUT2D eigenvalue weighted by molar-refractivity contribution is 6.31. The van der Waals surface area contributed by atoms with E-state index in [-0.39, 0.29) is 0 Å². The second kappa shape index (κ2) is 7.47. The van der Waals surface area contributed by atoms with Crippen molar-refractivity contribution in [1.29, 1.82) is 0 Å². The predicted octanol–water partition coefficient (Wildman–Crippen LogP) is 4.41. The summed E-state index contributed by atoms with van der Waals surface area (Å²) in [4.78, 5) is 0. The molecule has 2 heteroatoms. The number of halogens is 1. The Morgan fingerprint density at radius 3 is 2.40 bits per heavy atom. The molecule has 0 radical (unpaired) electrons. The molecule has 0 amide bonds. The van der Waals surface area contributed by atoms with Crippen LogP contribution in [0.2, 0.25) is 5.02 Å². The fourth-order valence-electron chi connectivity index (χ4n) is 2.37. The summed E-state index contributed by atoms with van der Waals surface area (Å²) in [5, 5.41) is 4.26. The molecule has 2 rings (SSSR count). The minimum absolute atomic E-state index is 0.455. The van der Waals surface area contributed by atoms with Gasteiger partial charge in [0.25, 0.3) is 0 Å². The topological polar surface area (TPSA) is 12.0 Å². The molecule has 0 fully saturated rings. The van der Waals surface area contributed by atoms with Gasteiger partial charge in [0, 0.05) is 11.1 Å². The normalized spacial score (nSPS) is 12.3. The molecule has 0 aromatic heterocycles. The van der Waals surface area contributed by atoms with Crippen molar-refractivity contribution < 1.29 is 0 Å². The Kier molecular flexibility index (Phi) is 5.63. The van der Waals surface area contributed by atoms with Crippen molar-refractivity contribution >= 4 is 11.6 Å². The van der Waals surface area contributed by atoms with E-state index in [0.717, 1.165) is 24.3 Å². The van der Waals surface area contributed by atoms with E-state index < -0.39 is 0 Å². The molecule has 0 heterocycles. The lowest BCUT2D eigenvalue weighted by Gasteiger charge is -2.17. The summed E-state index contributed by atoms with van der Waals surface area (Å²) in [7, 11) is 2.02. The molecule has 1 unspecified atom stereocenters. The Balaban J connectivity index is 1.92. The molecule has 1 nitrogen and oxygen atoms in total. The highest BCUT2D eigenvalue weighted by Crippen LogP contribution is 2.18. The van der Waals surface area contributed by atoms with Gasteiger partial charge in [0.2, 0.25) is 0 Å². The van der Waals surface area contributed by atoms with Gasteiger partial charge in [-0.1, -0.05) is 59.6 Å². The van der Waals surface area contributed by atoms with E-state index in [9.17, 15) is 0 Å². The zero-order chi connectivity index (χ0) is 14.4.